The Morgan fingerprint density at radius 1 is 1.29 bits per heavy atom. The van der Waals surface area contributed by atoms with E-state index in [4.69, 9.17) is 5.11 Å². The number of hydrogen-bond acceptors (Lipinski definition) is 2. The lowest BCUT2D eigenvalue weighted by Gasteiger charge is -2.41. The van der Waals surface area contributed by atoms with E-state index < -0.39 is 5.97 Å². The molecule has 1 fully saturated rings. The molecule has 1 aromatic carbocycles. The van der Waals surface area contributed by atoms with Crippen molar-refractivity contribution in [3.05, 3.63) is 35.9 Å². The summed E-state index contributed by atoms with van der Waals surface area (Å²) in [6.45, 7) is 5.61. The van der Waals surface area contributed by atoms with Crippen LogP contribution in [-0.4, -0.2) is 35.6 Å². The lowest BCUT2D eigenvalue weighted by Crippen LogP contribution is -2.44. The minimum atomic E-state index is -0.683. The van der Waals surface area contributed by atoms with E-state index in [2.05, 4.69) is 42.2 Å². The first-order valence-corrected chi connectivity index (χ1v) is 7.60. The summed E-state index contributed by atoms with van der Waals surface area (Å²) in [4.78, 5) is 13.0. The summed E-state index contributed by atoms with van der Waals surface area (Å²) in [6, 6.07) is 10.8. The Kier molecular flexibility index (Phi) is 7.20. The molecule has 1 aromatic rings. The predicted octanol–water partition coefficient (Wildman–Crippen LogP) is 3.72. The second kappa shape index (κ2) is 8.40. The van der Waals surface area contributed by atoms with Crippen LogP contribution in [0.3, 0.4) is 0 Å². The largest absolute Gasteiger partial charge is 0.481 e. The van der Waals surface area contributed by atoms with Gasteiger partial charge in [-0.25, -0.2) is 0 Å². The topological polar surface area (TPSA) is 40.5 Å². The van der Waals surface area contributed by atoms with Crippen molar-refractivity contribution in [1.29, 1.82) is 0 Å². The third-order valence-corrected chi connectivity index (χ3v) is 4.36. The van der Waals surface area contributed by atoms with Crippen LogP contribution >= 0.6 is 12.4 Å². The van der Waals surface area contributed by atoms with Gasteiger partial charge in [0.2, 0.25) is 0 Å². The lowest BCUT2D eigenvalue weighted by atomic mass is 9.76. The summed E-state index contributed by atoms with van der Waals surface area (Å²) < 4.78 is 0. The Bertz CT molecular complexity index is 438. The van der Waals surface area contributed by atoms with Gasteiger partial charge in [-0.05, 0) is 44.3 Å². The number of carbonyl (C=O) groups is 1. The number of benzene rings is 1. The van der Waals surface area contributed by atoms with Gasteiger partial charge in [-0.2, -0.15) is 0 Å². The molecular formula is C17H26ClNO2. The molecule has 4 heteroatoms. The number of piperidine rings is 1. The number of unbranched alkanes of at least 4 members (excludes halogenated alkanes) is 1. The first kappa shape index (κ1) is 18.0. The van der Waals surface area contributed by atoms with Gasteiger partial charge >= 0.3 is 5.97 Å². The Labute approximate surface area is 133 Å². The molecule has 1 atom stereocenters. The average molecular weight is 312 g/mol. The predicted molar refractivity (Wildman–Crippen MR) is 88.2 cm³/mol. The van der Waals surface area contributed by atoms with Gasteiger partial charge in [0.05, 0.1) is 0 Å². The number of hydrogen-bond donors (Lipinski definition) is 1. The third-order valence-electron chi connectivity index (χ3n) is 4.36. The fraction of sp³-hybridized carbons (Fsp3) is 0.588. The molecule has 118 valence electrons. The maximum Gasteiger partial charge on any atom is 0.303 e. The molecule has 21 heavy (non-hydrogen) atoms. The number of nitrogens with zero attached hydrogens (tertiary/aromatic N) is 1. The Hall–Kier alpha value is -1.06. The number of halogens is 1. The first-order chi connectivity index (χ1) is 9.60. The molecule has 1 unspecified atom stereocenters. The number of carboxylic acids is 1. The van der Waals surface area contributed by atoms with Gasteiger partial charge in [0.25, 0.3) is 0 Å². The maximum absolute atomic E-state index is 10.5. The van der Waals surface area contributed by atoms with Gasteiger partial charge in [-0.1, -0.05) is 37.3 Å². The summed E-state index contributed by atoms with van der Waals surface area (Å²) in [7, 11) is 0. The second-order valence-corrected chi connectivity index (χ2v) is 6.16. The number of carboxylic acid groups (broad SMARTS) is 1. The molecule has 0 radical (unpaired) electrons. The molecule has 0 aliphatic carbocycles. The van der Waals surface area contributed by atoms with Crippen LogP contribution < -0.4 is 0 Å². The van der Waals surface area contributed by atoms with Crippen LogP contribution in [0.1, 0.15) is 44.6 Å². The molecule has 1 aliphatic heterocycles. The van der Waals surface area contributed by atoms with E-state index in [0.717, 1.165) is 32.5 Å². The van der Waals surface area contributed by atoms with Gasteiger partial charge in [-0.3, -0.25) is 4.79 Å². The highest BCUT2D eigenvalue weighted by Gasteiger charge is 2.32. The fourth-order valence-electron chi connectivity index (χ4n) is 3.22. The molecule has 0 aromatic heterocycles. The number of aliphatic carboxylic acids is 1. The van der Waals surface area contributed by atoms with E-state index in [9.17, 15) is 4.79 Å². The maximum atomic E-state index is 10.5. The van der Waals surface area contributed by atoms with Gasteiger partial charge in [0.15, 0.2) is 0 Å². The highest BCUT2D eigenvalue weighted by molar-refractivity contribution is 5.85. The molecule has 0 amide bonds. The van der Waals surface area contributed by atoms with Crippen molar-refractivity contribution in [2.75, 3.05) is 19.6 Å². The summed E-state index contributed by atoms with van der Waals surface area (Å²) in [5, 5.41) is 8.67. The van der Waals surface area contributed by atoms with E-state index in [-0.39, 0.29) is 17.8 Å². The summed E-state index contributed by atoms with van der Waals surface area (Å²) >= 11 is 0. The van der Waals surface area contributed by atoms with Crippen LogP contribution in [0, 0.1) is 0 Å². The first-order valence-electron chi connectivity index (χ1n) is 7.60. The Morgan fingerprint density at radius 2 is 2.00 bits per heavy atom. The van der Waals surface area contributed by atoms with Gasteiger partial charge in [0, 0.05) is 18.4 Å². The summed E-state index contributed by atoms with van der Waals surface area (Å²) in [5.41, 5.74) is 1.67. The molecule has 3 nitrogen and oxygen atoms in total. The van der Waals surface area contributed by atoms with Crippen molar-refractivity contribution in [2.24, 2.45) is 0 Å². The minimum absolute atomic E-state index is 0. The van der Waals surface area contributed by atoms with E-state index in [0.29, 0.717) is 6.42 Å². The van der Waals surface area contributed by atoms with Crippen LogP contribution in [-0.2, 0) is 10.2 Å². The molecule has 0 saturated carbocycles. The summed E-state index contributed by atoms with van der Waals surface area (Å²) in [6.07, 6.45) is 4.53. The highest BCUT2D eigenvalue weighted by atomic mass is 35.5. The van der Waals surface area contributed by atoms with Crippen LogP contribution in [0.2, 0.25) is 0 Å². The number of rotatable bonds is 6. The van der Waals surface area contributed by atoms with Crippen LogP contribution in [0.5, 0.6) is 0 Å². The number of likely N-dealkylation sites (tertiary alicyclic amines) is 1. The molecule has 1 heterocycles. The van der Waals surface area contributed by atoms with Crippen LogP contribution in [0.25, 0.3) is 0 Å². The average Bonchev–Trinajstić information content (AvgIpc) is 2.45. The molecule has 1 N–H and O–H groups in total. The lowest BCUT2D eigenvalue weighted by molar-refractivity contribution is -0.137. The normalized spacial score (nSPS) is 22.5. The van der Waals surface area contributed by atoms with Crippen LogP contribution in [0.4, 0.5) is 0 Å². The zero-order valence-corrected chi connectivity index (χ0v) is 13.6. The van der Waals surface area contributed by atoms with E-state index in [1.807, 2.05) is 0 Å². The van der Waals surface area contributed by atoms with Crippen molar-refractivity contribution in [2.45, 2.75) is 44.4 Å². The monoisotopic (exact) mass is 311 g/mol. The molecular weight excluding hydrogens is 286 g/mol. The molecule has 1 aliphatic rings. The second-order valence-electron chi connectivity index (χ2n) is 6.16. The third kappa shape index (κ3) is 5.33. The fourth-order valence-corrected chi connectivity index (χ4v) is 3.22. The van der Waals surface area contributed by atoms with Gasteiger partial charge < -0.3 is 10.0 Å². The van der Waals surface area contributed by atoms with Crippen molar-refractivity contribution < 1.29 is 9.90 Å². The van der Waals surface area contributed by atoms with Crippen molar-refractivity contribution >= 4 is 18.4 Å². The van der Waals surface area contributed by atoms with E-state index in [1.165, 1.54) is 18.4 Å². The Balaban J connectivity index is 0.00000220. The van der Waals surface area contributed by atoms with Gasteiger partial charge in [-0.15, -0.1) is 12.4 Å². The quantitative estimate of drug-likeness (QED) is 0.814. The Morgan fingerprint density at radius 3 is 2.67 bits per heavy atom. The summed E-state index contributed by atoms with van der Waals surface area (Å²) in [5.74, 6) is -0.683. The molecule has 1 saturated heterocycles. The van der Waals surface area contributed by atoms with E-state index >= 15 is 0 Å². The van der Waals surface area contributed by atoms with Crippen molar-refractivity contribution in [1.82, 2.24) is 4.90 Å². The standard InChI is InChI=1S/C17H25NO2.ClH/c1-17(15-8-3-2-4-9-15)11-7-13-18(14-17)12-6-5-10-16(19)20;/h2-4,8-9H,5-7,10-14H2,1H3,(H,19,20);1H. The zero-order valence-electron chi connectivity index (χ0n) is 12.8. The van der Waals surface area contributed by atoms with E-state index in [1.54, 1.807) is 0 Å². The van der Waals surface area contributed by atoms with Crippen molar-refractivity contribution in [3.8, 4) is 0 Å². The minimum Gasteiger partial charge on any atom is -0.481 e. The van der Waals surface area contributed by atoms with Crippen molar-refractivity contribution in [3.63, 3.8) is 0 Å². The zero-order chi connectivity index (χ0) is 14.4. The van der Waals surface area contributed by atoms with Gasteiger partial charge in [0.1, 0.15) is 0 Å². The molecule has 2 rings (SSSR count). The molecule has 0 bridgehead atoms. The SMILES string of the molecule is CC1(c2ccccc2)CCCN(CCCCC(=O)O)C1.Cl. The molecule has 0 spiro atoms. The highest BCUT2D eigenvalue weighted by Crippen LogP contribution is 2.33. The van der Waals surface area contributed by atoms with Crippen LogP contribution in [0.15, 0.2) is 30.3 Å². The smallest absolute Gasteiger partial charge is 0.303 e.